The summed E-state index contributed by atoms with van der Waals surface area (Å²) in [6, 6.07) is 19.7. The first-order chi connectivity index (χ1) is 15.4. The summed E-state index contributed by atoms with van der Waals surface area (Å²) in [5, 5.41) is 31.7. The molecule has 0 bridgehead atoms. The fourth-order valence-electron chi connectivity index (χ4n) is 4.33. The van der Waals surface area contributed by atoms with E-state index < -0.39 is 6.10 Å². The second-order valence-corrected chi connectivity index (χ2v) is 8.36. The van der Waals surface area contributed by atoms with Crippen molar-refractivity contribution >= 4 is 23.0 Å². The van der Waals surface area contributed by atoms with Gasteiger partial charge in [-0.3, -0.25) is 0 Å². The van der Waals surface area contributed by atoms with Gasteiger partial charge in [0.15, 0.2) is 5.11 Å². The van der Waals surface area contributed by atoms with Crippen molar-refractivity contribution in [2.75, 3.05) is 11.9 Å². The van der Waals surface area contributed by atoms with E-state index in [0.29, 0.717) is 29.1 Å². The highest BCUT2D eigenvalue weighted by atomic mass is 32.1. The largest absolute Gasteiger partial charge is 0.508 e. The molecule has 0 spiro atoms. The highest BCUT2D eigenvalue weighted by molar-refractivity contribution is 7.80. The van der Waals surface area contributed by atoms with Gasteiger partial charge in [0, 0.05) is 24.4 Å². The van der Waals surface area contributed by atoms with E-state index in [9.17, 15) is 19.7 Å². The number of aliphatic hydroxyl groups excluding tert-OH is 1. The minimum atomic E-state index is -0.752. The molecular weight excluding hydrogens is 427 g/mol. The van der Waals surface area contributed by atoms with Gasteiger partial charge in [0.05, 0.1) is 18.2 Å². The van der Waals surface area contributed by atoms with Gasteiger partial charge in [-0.05, 0) is 67.0 Å². The van der Waals surface area contributed by atoms with Crippen LogP contribution in [0.3, 0.4) is 0 Å². The van der Waals surface area contributed by atoms with Crippen LogP contribution in [0, 0.1) is 5.82 Å². The zero-order chi connectivity index (χ0) is 22.8. The molecule has 3 atom stereocenters. The molecule has 1 fully saturated rings. The molecule has 0 amide bonds. The van der Waals surface area contributed by atoms with Gasteiger partial charge in [0.1, 0.15) is 17.3 Å². The van der Waals surface area contributed by atoms with Crippen molar-refractivity contribution in [1.29, 1.82) is 0 Å². The molecule has 0 radical (unpaired) electrons. The van der Waals surface area contributed by atoms with Crippen molar-refractivity contribution < 1.29 is 19.7 Å². The zero-order valence-corrected chi connectivity index (χ0v) is 18.4. The average Bonchev–Trinajstić information content (AvgIpc) is 3.03. The maximum Gasteiger partial charge on any atom is 0.176 e. The van der Waals surface area contributed by atoms with Crippen LogP contribution in [-0.2, 0) is 0 Å². The van der Waals surface area contributed by atoms with E-state index in [4.69, 9.17) is 12.2 Å². The molecule has 7 heteroatoms. The van der Waals surface area contributed by atoms with E-state index in [0.717, 1.165) is 5.69 Å². The molecule has 1 aliphatic heterocycles. The maximum absolute atomic E-state index is 13.2. The van der Waals surface area contributed by atoms with Gasteiger partial charge in [0.25, 0.3) is 0 Å². The molecule has 5 nitrogen and oxygen atoms in total. The molecule has 1 saturated heterocycles. The third-order valence-corrected chi connectivity index (χ3v) is 6.49. The first kappa shape index (κ1) is 22.0. The molecule has 3 aromatic carbocycles. The van der Waals surface area contributed by atoms with Gasteiger partial charge in [-0.15, -0.1) is 0 Å². The van der Waals surface area contributed by atoms with Gasteiger partial charge >= 0.3 is 0 Å². The lowest BCUT2D eigenvalue weighted by molar-refractivity contribution is 0.152. The Morgan fingerprint density at radius 1 is 1.00 bits per heavy atom. The number of hydrogen-bond donors (Lipinski definition) is 3. The summed E-state index contributed by atoms with van der Waals surface area (Å²) in [4.78, 5) is 3.98. The topological polar surface area (TPSA) is 67.2 Å². The standard InChI is InChI=1S/C25H25FN2O3S/c1-27-21(13-14-22(30)16-7-9-17(26)10-8-16)24(20-12-11-19(29)15-23(20)31)28(25(27)32)18-5-3-2-4-6-18/h2-12,15,21-22,24,29-31H,13-14H2,1H3. The highest BCUT2D eigenvalue weighted by Crippen LogP contribution is 2.44. The van der Waals surface area contributed by atoms with Gasteiger partial charge in [-0.25, -0.2) is 4.39 Å². The van der Waals surface area contributed by atoms with Crippen molar-refractivity contribution in [3.05, 3.63) is 89.7 Å². The molecule has 4 rings (SSSR count). The summed E-state index contributed by atoms with van der Waals surface area (Å²) in [5.74, 6) is -0.379. The van der Waals surface area contributed by atoms with E-state index in [1.54, 1.807) is 24.3 Å². The number of aliphatic hydroxyl groups is 1. The number of nitrogens with zero attached hydrogens (tertiary/aromatic N) is 2. The number of hydrogen-bond acceptors (Lipinski definition) is 4. The van der Waals surface area contributed by atoms with Crippen LogP contribution < -0.4 is 4.90 Å². The average molecular weight is 453 g/mol. The number of rotatable bonds is 6. The lowest BCUT2D eigenvalue weighted by Gasteiger charge is -2.29. The maximum atomic E-state index is 13.2. The van der Waals surface area contributed by atoms with Crippen LogP contribution in [0.2, 0.25) is 0 Å². The Hall–Kier alpha value is -3.16. The molecule has 3 unspecified atom stereocenters. The Labute approximate surface area is 192 Å². The normalized spacial score (nSPS) is 19.4. The third-order valence-electron chi connectivity index (χ3n) is 6.01. The minimum absolute atomic E-state index is 0.0156. The zero-order valence-electron chi connectivity index (χ0n) is 17.6. The summed E-state index contributed by atoms with van der Waals surface area (Å²) in [5.41, 5.74) is 2.18. The quantitative estimate of drug-likeness (QED) is 0.463. The van der Waals surface area contributed by atoms with Crippen LogP contribution >= 0.6 is 12.2 Å². The van der Waals surface area contributed by atoms with Crippen LogP contribution in [0.15, 0.2) is 72.8 Å². The number of likely N-dealkylation sites (N-methyl/N-ethyl adjacent to an activating group) is 1. The van der Waals surface area contributed by atoms with E-state index in [1.807, 2.05) is 47.2 Å². The second-order valence-electron chi connectivity index (χ2n) is 8.00. The molecule has 0 aliphatic carbocycles. The number of phenolic OH excluding ortho intramolecular Hbond substituents is 2. The SMILES string of the molecule is CN1C(=S)N(c2ccccc2)C(c2ccc(O)cc2O)C1CCC(O)c1ccc(F)cc1. The van der Waals surface area contributed by atoms with Crippen molar-refractivity contribution in [3.8, 4) is 11.5 Å². The number of phenols is 2. The Balaban J connectivity index is 1.67. The number of benzene rings is 3. The lowest BCUT2D eigenvalue weighted by atomic mass is 9.92. The van der Waals surface area contributed by atoms with Crippen LogP contribution in [0.4, 0.5) is 10.1 Å². The highest BCUT2D eigenvalue weighted by Gasteiger charge is 2.44. The number of para-hydroxylation sites is 1. The number of halogens is 1. The molecule has 32 heavy (non-hydrogen) atoms. The molecule has 3 aromatic rings. The lowest BCUT2D eigenvalue weighted by Crippen LogP contribution is -2.31. The van der Waals surface area contributed by atoms with Gasteiger partial charge < -0.3 is 25.1 Å². The second kappa shape index (κ2) is 9.14. The van der Waals surface area contributed by atoms with Crippen LogP contribution in [-0.4, -0.2) is 38.4 Å². The van der Waals surface area contributed by atoms with Crippen molar-refractivity contribution in [2.45, 2.75) is 31.0 Å². The van der Waals surface area contributed by atoms with Crippen LogP contribution in [0.5, 0.6) is 11.5 Å². The van der Waals surface area contributed by atoms with Crippen molar-refractivity contribution in [1.82, 2.24) is 4.90 Å². The van der Waals surface area contributed by atoms with E-state index in [-0.39, 0.29) is 29.4 Å². The summed E-state index contributed by atoms with van der Waals surface area (Å²) in [7, 11) is 1.91. The Morgan fingerprint density at radius 3 is 2.34 bits per heavy atom. The van der Waals surface area contributed by atoms with Crippen LogP contribution in [0.25, 0.3) is 0 Å². The van der Waals surface area contributed by atoms with Crippen molar-refractivity contribution in [3.63, 3.8) is 0 Å². The van der Waals surface area contributed by atoms with Gasteiger partial charge in [0.2, 0.25) is 0 Å². The summed E-state index contributed by atoms with van der Waals surface area (Å²) < 4.78 is 13.2. The Kier molecular flexibility index (Phi) is 6.30. The Bertz CT molecular complexity index is 1090. The summed E-state index contributed by atoms with van der Waals surface area (Å²) in [6.45, 7) is 0. The van der Waals surface area contributed by atoms with Gasteiger partial charge in [-0.1, -0.05) is 30.3 Å². The molecule has 1 heterocycles. The molecule has 1 aliphatic rings. The predicted molar refractivity (Wildman–Crippen MR) is 126 cm³/mol. The minimum Gasteiger partial charge on any atom is -0.508 e. The first-order valence-electron chi connectivity index (χ1n) is 10.4. The predicted octanol–water partition coefficient (Wildman–Crippen LogP) is 4.90. The Morgan fingerprint density at radius 2 is 1.69 bits per heavy atom. The molecule has 3 N–H and O–H groups in total. The fourth-order valence-corrected chi connectivity index (χ4v) is 4.69. The van der Waals surface area contributed by atoms with E-state index in [2.05, 4.69) is 0 Å². The molecule has 166 valence electrons. The number of aromatic hydroxyl groups is 2. The summed E-state index contributed by atoms with van der Waals surface area (Å²) >= 11 is 5.77. The molecular formula is C25H25FN2O3S. The molecule has 0 aromatic heterocycles. The smallest absolute Gasteiger partial charge is 0.176 e. The number of anilines is 1. The van der Waals surface area contributed by atoms with Crippen molar-refractivity contribution in [2.24, 2.45) is 0 Å². The van der Waals surface area contributed by atoms with Gasteiger partial charge in [-0.2, -0.15) is 0 Å². The fraction of sp³-hybridized carbons (Fsp3) is 0.240. The van der Waals surface area contributed by atoms with E-state index >= 15 is 0 Å². The summed E-state index contributed by atoms with van der Waals surface area (Å²) in [6.07, 6.45) is 0.252. The third kappa shape index (κ3) is 4.26. The first-order valence-corrected chi connectivity index (χ1v) is 10.8. The molecule has 0 saturated carbocycles. The van der Waals surface area contributed by atoms with Crippen LogP contribution in [0.1, 0.15) is 36.1 Å². The number of thiocarbonyl (C=S) groups is 1. The van der Waals surface area contributed by atoms with E-state index in [1.165, 1.54) is 18.2 Å². The monoisotopic (exact) mass is 452 g/mol.